The molecular formula is C25H29N5O4S. The Morgan fingerprint density at radius 2 is 1.77 bits per heavy atom. The molecule has 3 aromatic rings. The highest BCUT2D eigenvalue weighted by molar-refractivity contribution is 7.12. The highest BCUT2D eigenvalue weighted by Gasteiger charge is 2.25. The number of anilines is 1. The van der Waals surface area contributed by atoms with Crippen LogP contribution in [0, 0.1) is 0 Å². The van der Waals surface area contributed by atoms with Gasteiger partial charge in [-0.05, 0) is 48.7 Å². The summed E-state index contributed by atoms with van der Waals surface area (Å²) in [5, 5.41) is 10.7. The van der Waals surface area contributed by atoms with Crippen LogP contribution in [0.1, 0.15) is 16.6 Å². The molecule has 1 aliphatic rings. The number of hydrogen-bond donors (Lipinski definition) is 0. The van der Waals surface area contributed by atoms with Gasteiger partial charge in [-0.1, -0.05) is 6.07 Å². The lowest BCUT2D eigenvalue weighted by molar-refractivity contribution is -0.132. The number of nitrogens with zero attached hydrogens (tertiary/aromatic N) is 5. The monoisotopic (exact) mass is 495 g/mol. The minimum atomic E-state index is -0.0978. The fraction of sp³-hybridized carbons (Fsp3) is 0.360. The molecule has 0 spiro atoms. The molecule has 2 amide bonds. The van der Waals surface area contributed by atoms with Gasteiger partial charge in [0, 0.05) is 38.3 Å². The third-order valence-corrected chi connectivity index (χ3v) is 6.87. The van der Waals surface area contributed by atoms with Gasteiger partial charge in [0.15, 0.2) is 17.3 Å². The van der Waals surface area contributed by atoms with Crippen molar-refractivity contribution >= 4 is 29.0 Å². The summed E-state index contributed by atoms with van der Waals surface area (Å²) in [6.07, 6.45) is 0. The predicted octanol–water partition coefficient (Wildman–Crippen LogP) is 3.03. The van der Waals surface area contributed by atoms with Gasteiger partial charge in [0.05, 0.1) is 24.8 Å². The SMILES string of the molecule is CCN(CC(=O)N1CCN(c2ccc(-c3ccc(OC)c(OC)c3)nn2)CC1)C(=O)c1cccs1. The fourth-order valence-corrected chi connectivity index (χ4v) is 4.67. The maximum absolute atomic E-state index is 12.9. The van der Waals surface area contributed by atoms with Crippen molar-refractivity contribution in [1.82, 2.24) is 20.0 Å². The Hall–Kier alpha value is -3.66. The minimum absolute atomic E-state index is 0.0358. The van der Waals surface area contributed by atoms with E-state index in [9.17, 15) is 9.59 Å². The molecule has 2 aromatic heterocycles. The van der Waals surface area contributed by atoms with Crippen molar-refractivity contribution in [3.05, 3.63) is 52.7 Å². The zero-order chi connectivity index (χ0) is 24.8. The smallest absolute Gasteiger partial charge is 0.264 e. The Kier molecular flexibility index (Phi) is 7.81. The predicted molar refractivity (Wildman–Crippen MR) is 135 cm³/mol. The van der Waals surface area contributed by atoms with E-state index >= 15 is 0 Å². The van der Waals surface area contributed by atoms with Crippen LogP contribution in [0.25, 0.3) is 11.3 Å². The first-order valence-electron chi connectivity index (χ1n) is 11.5. The average Bonchev–Trinajstić information content (AvgIpc) is 3.46. The van der Waals surface area contributed by atoms with Gasteiger partial charge in [-0.25, -0.2) is 0 Å². The number of amides is 2. The van der Waals surface area contributed by atoms with Crippen LogP contribution >= 0.6 is 11.3 Å². The molecule has 4 rings (SSSR count). The molecule has 10 heteroatoms. The highest BCUT2D eigenvalue weighted by atomic mass is 32.1. The highest BCUT2D eigenvalue weighted by Crippen LogP contribution is 2.31. The second kappa shape index (κ2) is 11.2. The summed E-state index contributed by atoms with van der Waals surface area (Å²) in [4.78, 5) is 31.6. The van der Waals surface area contributed by atoms with Gasteiger partial charge in [0.25, 0.3) is 5.91 Å². The number of benzene rings is 1. The summed E-state index contributed by atoms with van der Waals surface area (Å²) in [6.45, 7) is 4.92. The number of likely N-dealkylation sites (N-methyl/N-ethyl adjacent to an activating group) is 1. The molecule has 0 atom stereocenters. The Balaban J connectivity index is 1.34. The Bertz CT molecular complexity index is 1150. The second-order valence-corrected chi connectivity index (χ2v) is 8.96. The quantitative estimate of drug-likeness (QED) is 0.475. The Morgan fingerprint density at radius 3 is 2.37 bits per heavy atom. The van der Waals surface area contributed by atoms with Crippen molar-refractivity contribution in [2.45, 2.75) is 6.92 Å². The summed E-state index contributed by atoms with van der Waals surface area (Å²) in [7, 11) is 3.20. The second-order valence-electron chi connectivity index (χ2n) is 8.01. The lowest BCUT2D eigenvalue weighted by Gasteiger charge is -2.36. The summed E-state index contributed by atoms with van der Waals surface area (Å²) in [5.41, 5.74) is 1.62. The van der Waals surface area contributed by atoms with Gasteiger partial charge < -0.3 is 24.2 Å². The molecule has 9 nitrogen and oxygen atoms in total. The lowest BCUT2D eigenvalue weighted by Crippen LogP contribution is -2.52. The minimum Gasteiger partial charge on any atom is -0.493 e. The molecule has 35 heavy (non-hydrogen) atoms. The third kappa shape index (κ3) is 5.54. The van der Waals surface area contributed by atoms with Crippen LogP contribution in [0.3, 0.4) is 0 Å². The van der Waals surface area contributed by atoms with Gasteiger partial charge in [0.1, 0.15) is 6.54 Å². The molecule has 184 valence electrons. The van der Waals surface area contributed by atoms with E-state index in [1.165, 1.54) is 11.3 Å². The van der Waals surface area contributed by atoms with Crippen LogP contribution in [0.2, 0.25) is 0 Å². The van der Waals surface area contributed by atoms with E-state index in [2.05, 4.69) is 15.1 Å². The lowest BCUT2D eigenvalue weighted by atomic mass is 10.1. The van der Waals surface area contributed by atoms with Crippen LogP contribution < -0.4 is 14.4 Å². The van der Waals surface area contributed by atoms with E-state index < -0.39 is 0 Å². The molecule has 1 aromatic carbocycles. The Labute approximate surface area is 208 Å². The van der Waals surface area contributed by atoms with Crippen molar-refractivity contribution in [3.8, 4) is 22.8 Å². The number of piperazine rings is 1. The van der Waals surface area contributed by atoms with Gasteiger partial charge >= 0.3 is 0 Å². The van der Waals surface area contributed by atoms with E-state index in [0.717, 1.165) is 17.1 Å². The van der Waals surface area contributed by atoms with Crippen LogP contribution in [-0.2, 0) is 4.79 Å². The summed E-state index contributed by atoms with van der Waals surface area (Å²) >= 11 is 1.39. The van der Waals surface area contributed by atoms with Gasteiger partial charge in [-0.3, -0.25) is 9.59 Å². The van der Waals surface area contributed by atoms with Crippen molar-refractivity contribution < 1.29 is 19.1 Å². The van der Waals surface area contributed by atoms with Crippen molar-refractivity contribution in [2.24, 2.45) is 0 Å². The molecule has 1 saturated heterocycles. The molecule has 0 N–H and O–H groups in total. The molecule has 0 unspecified atom stereocenters. The first kappa shape index (κ1) is 24.5. The van der Waals surface area contributed by atoms with Crippen molar-refractivity contribution in [2.75, 3.05) is 58.4 Å². The molecule has 0 radical (unpaired) electrons. The number of thiophene rings is 1. The first-order valence-corrected chi connectivity index (χ1v) is 12.3. The number of methoxy groups -OCH3 is 2. The van der Waals surface area contributed by atoms with Crippen LogP contribution in [0.5, 0.6) is 11.5 Å². The van der Waals surface area contributed by atoms with Gasteiger partial charge in [0.2, 0.25) is 5.91 Å². The summed E-state index contributed by atoms with van der Waals surface area (Å²) in [5.74, 6) is 1.93. The topological polar surface area (TPSA) is 88.1 Å². The number of carbonyl (C=O) groups excluding carboxylic acids is 2. The van der Waals surface area contributed by atoms with Gasteiger partial charge in [-0.15, -0.1) is 21.5 Å². The van der Waals surface area contributed by atoms with Crippen LogP contribution in [0.15, 0.2) is 47.8 Å². The number of ether oxygens (including phenoxy) is 2. The zero-order valence-corrected chi connectivity index (χ0v) is 21.0. The number of hydrogen-bond acceptors (Lipinski definition) is 8. The van der Waals surface area contributed by atoms with Crippen LogP contribution in [0.4, 0.5) is 5.82 Å². The summed E-state index contributed by atoms with van der Waals surface area (Å²) < 4.78 is 10.7. The molecule has 1 fully saturated rings. The van der Waals surface area contributed by atoms with E-state index in [1.807, 2.05) is 53.6 Å². The van der Waals surface area contributed by atoms with Gasteiger partial charge in [-0.2, -0.15) is 0 Å². The van der Waals surface area contributed by atoms with E-state index in [1.54, 1.807) is 25.2 Å². The molecule has 0 bridgehead atoms. The van der Waals surface area contributed by atoms with E-state index in [0.29, 0.717) is 49.1 Å². The maximum Gasteiger partial charge on any atom is 0.264 e. The van der Waals surface area contributed by atoms with Crippen molar-refractivity contribution in [1.29, 1.82) is 0 Å². The van der Waals surface area contributed by atoms with Crippen LogP contribution in [-0.4, -0.2) is 85.3 Å². The average molecular weight is 496 g/mol. The third-order valence-electron chi connectivity index (χ3n) is 6.01. The molecule has 0 saturated carbocycles. The van der Waals surface area contributed by atoms with E-state index in [4.69, 9.17) is 9.47 Å². The number of rotatable bonds is 8. The van der Waals surface area contributed by atoms with E-state index in [-0.39, 0.29) is 18.4 Å². The largest absolute Gasteiger partial charge is 0.493 e. The molecular weight excluding hydrogens is 466 g/mol. The first-order chi connectivity index (χ1) is 17.0. The Morgan fingerprint density at radius 1 is 1.00 bits per heavy atom. The zero-order valence-electron chi connectivity index (χ0n) is 20.1. The van der Waals surface area contributed by atoms with Crippen molar-refractivity contribution in [3.63, 3.8) is 0 Å². The normalized spacial score (nSPS) is 13.5. The standard InChI is InChI=1S/C25H29N5O4S/c1-4-28(25(32)22-6-5-15-35-22)17-24(31)30-13-11-29(12-14-30)23-10-8-19(26-27-23)18-7-9-20(33-2)21(16-18)34-3/h5-10,15-16H,4,11-14,17H2,1-3H3. The molecule has 3 heterocycles. The number of carbonyl (C=O) groups is 2. The molecule has 1 aliphatic heterocycles. The molecule has 0 aliphatic carbocycles. The number of aromatic nitrogens is 2. The maximum atomic E-state index is 12.9. The summed E-state index contributed by atoms with van der Waals surface area (Å²) in [6, 6.07) is 13.1. The fourth-order valence-electron chi connectivity index (χ4n) is 3.97.